The fourth-order valence-corrected chi connectivity index (χ4v) is 4.10. The van der Waals surface area contributed by atoms with Gasteiger partial charge < -0.3 is 19.9 Å². The summed E-state index contributed by atoms with van der Waals surface area (Å²) in [7, 11) is 1.82. The minimum absolute atomic E-state index is 0. The van der Waals surface area contributed by atoms with Gasteiger partial charge in [0.1, 0.15) is 5.01 Å². The minimum atomic E-state index is 0. The van der Waals surface area contributed by atoms with Gasteiger partial charge in [0.2, 0.25) is 5.91 Å². The number of carbonyl (C=O) groups excluding carboxylic acids is 1. The number of thiazole rings is 1. The molecular formula is C18H31IN6O2S. The zero-order valence-corrected chi connectivity index (χ0v) is 19.9. The van der Waals surface area contributed by atoms with Crippen LogP contribution < -0.4 is 5.32 Å². The van der Waals surface area contributed by atoms with Gasteiger partial charge in [0.15, 0.2) is 5.96 Å². The Morgan fingerprint density at radius 3 is 2.54 bits per heavy atom. The number of amides is 1. The molecule has 1 N–H and O–H groups in total. The molecular weight excluding hydrogens is 491 g/mol. The lowest BCUT2D eigenvalue weighted by Crippen LogP contribution is -2.54. The molecule has 0 aromatic carbocycles. The van der Waals surface area contributed by atoms with E-state index in [9.17, 15) is 4.79 Å². The number of nitrogens with zero attached hydrogens (tertiary/aromatic N) is 5. The predicted octanol–water partition coefficient (Wildman–Crippen LogP) is 0.875. The molecule has 10 heteroatoms. The molecule has 0 radical (unpaired) electrons. The van der Waals surface area contributed by atoms with E-state index in [1.165, 1.54) is 4.88 Å². The van der Waals surface area contributed by atoms with E-state index in [0.29, 0.717) is 39.4 Å². The highest BCUT2D eigenvalue weighted by Gasteiger charge is 2.24. The molecule has 0 spiro atoms. The van der Waals surface area contributed by atoms with E-state index in [-0.39, 0.29) is 29.9 Å². The number of morpholine rings is 1. The Morgan fingerprint density at radius 2 is 1.93 bits per heavy atom. The van der Waals surface area contributed by atoms with E-state index >= 15 is 0 Å². The van der Waals surface area contributed by atoms with Gasteiger partial charge in [0.05, 0.1) is 26.3 Å². The molecule has 1 amide bonds. The summed E-state index contributed by atoms with van der Waals surface area (Å²) in [5.41, 5.74) is 0. The number of rotatable bonds is 5. The monoisotopic (exact) mass is 522 g/mol. The zero-order valence-electron chi connectivity index (χ0n) is 16.7. The van der Waals surface area contributed by atoms with Crippen molar-refractivity contribution in [3.63, 3.8) is 0 Å². The van der Waals surface area contributed by atoms with Crippen LogP contribution in [0.1, 0.15) is 16.8 Å². The Bertz CT molecular complexity index is 642. The third-order valence-electron chi connectivity index (χ3n) is 4.95. The molecule has 2 aliphatic rings. The number of guanidine groups is 1. The van der Waals surface area contributed by atoms with Gasteiger partial charge in [-0.05, 0) is 6.42 Å². The van der Waals surface area contributed by atoms with E-state index in [1.807, 2.05) is 18.1 Å². The van der Waals surface area contributed by atoms with Crippen LogP contribution in [0, 0.1) is 0 Å². The van der Waals surface area contributed by atoms with E-state index in [2.05, 4.69) is 32.0 Å². The van der Waals surface area contributed by atoms with Crippen LogP contribution in [0.15, 0.2) is 11.2 Å². The Labute approximate surface area is 188 Å². The van der Waals surface area contributed by atoms with Crippen LogP contribution in [-0.2, 0) is 22.5 Å². The van der Waals surface area contributed by atoms with Crippen molar-refractivity contribution in [1.82, 2.24) is 25.0 Å². The van der Waals surface area contributed by atoms with Crippen LogP contribution in [-0.4, -0.2) is 97.6 Å². The van der Waals surface area contributed by atoms with Crippen molar-refractivity contribution in [3.8, 4) is 0 Å². The highest BCUT2D eigenvalue weighted by Crippen LogP contribution is 2.13. The maximum Gasteiger partial charge on any atom is 0.236 e. The summed E-state index contributed by atoms with van der Waals surface area (Å²) in [6.07, 6.45) is 2.98. The molecule has 28 heavy (non-hydrogen) atoms. The molecule has 0 atom stereocenters. The van der Waals surface area contributed by atoms with Crippen molar-refractivity contribution in [2.24, 2.45) is 4.99 Å². The summed E-state index contributed by atoms with van der Waals surface area (Å²) in [6, 6.07) is 0. The fraction of sp³-hybridized carbons (Fsp3) is 0.722. The summed E-state index contributed by atoms with van der Waals surface area (Å²) in [6.45, 7) is 9.56. The summed E-state index contributed by atoms with van der Waals surface area (Å²) < 4.78 is 5.32. The fourth-order valence-electron chi connectivity index (χ4n) is 3.30. The number of halogens is 1. The first-order chi connectivity index (χ1) is 13.2. The summed E-state index contributed by atoms with van der Waals surface area (Å²) in [5, 5.41) is 4.50. The highest BCUT2D eigenvalue weighted by molar-refractivity contribution is 14.0. The molecule has 0 unspecified atom stereocenters. The average Bonchev–Trinajstić information content (AvgIpc) is 3.18. The van der Waals surface area contributed by atoms with Crippen LogP contribution >= 0.6 is 35.3 Å². The van der Waals surface area contributed by atoms with E-state index < -0.39 is 0 Å². The lowest BCUT2D eigenvalue weighted by atomic mass is 10.3. The van der Waals surface area contributed by atoms with Crippen LogP contribution in [0.5, 0.6) is 0 Å². The summed E-state index contributed by atoms with van der Waals surface area (Å²) in [4.78, 5) is 29.0. The molecule has 2 saturated heterocycles. The maximum absolute atomic E-state index is 12.4. The Balaban J connectivity index is 0.00000280. The largest absolute Gasteiger partial charge is 0.378 e. The van der Waals surface area contributed by atoms with E-state index in [4.69, 9.17) is 4.74 Å². The molecule has 2 fully saturated rings. The molecule has 0 aliphatic carbocycles. The van der Waals surface area contributed by atoms with Crippen molar-refractivity contribution in [2.75, 3.05) is 66.1 Å². The molecule has 0 saturated carbocycles. The third kappa shape index (κ3) is 6.53. The molecule has 1 aromatic heterocycles. The van der Waals surface area contributed by atoms with E-state index in [0.717, 1.165) is 43.6 Å². The highest BCUT2D eigenvalue weighted by atomic mass is 127. The molecule has 2 aliphatic heterocycles. The topological polar surface area (TPSA) is 73.3 Å². The standard InChI is InChI=1S/C18H30N6O2S.HI/c1-3-15-12-20-16(27-15)13-21-18(19-2)24-6-4-22(5-7-24)14-17(25)23-8-10-26-11-9-23;/h12H,3-11,13-14H2,1-2H3,(H,19,21);1H. The van der Waals surface area contributed by atoms with Gasteiger partial charge in [0.25, 0.3) is 0 Å². The normalized spacial score (nSPS) is 18.7. The number of aromatic nitrogens is 1. The van der Waals surface area contributed by atoms with Gasteiger partial charge in [-0.3, -0.25) is 14.7 Å². The first kappa shape index (κ1) is 23.3. The number of aliphatic imine (C=N–C) groups is 1. The number of hydrogen-bond acceptors (Lipinski definition) is 6. The zero-order chi connectivity index (χ0) is 19.1. The first-order valence-electron chi connectivity index (χ1n) is 9.66. The van der Waals surface area contributed by atoms with Gasteiger partial charge in [0, 0.05) is 57.4 Å². The van der Waals surface area contributed by atoms with Crippen LogP contribution in [0.25, 0.3) is 0 Å². The maximum atomic E-state index is 12.4. The van der Waals surface area contributed by atoms with E-state index in [1.54, 1.807) is 11.3 Å². The van der Waals surface area contributed by atoms with Gasteiger partial charge in [-0.2, -0.15) is 0 Å². The molecule has 8 nitrogen and oxygen atoms in total. The van der Waals surface area contributed by atoms with Crippen LogP contribution in [0.2, 0.25) is 0 Å². The summed E-state index contributed by atoms with van der Waals surface area (Å²) >= 11 is 1.75. The van der Waals surface area contributed by atoms with Gasteiger partial charge >= 0.3 is 0 Å². The lowest BCUT2D eigenvalue weighted by Gasteiger charge is -2.37. The molecule has 158 valence electrons. The van der Waals surface area contributed by atoms with Crippen LogP contribution in [0.3, 0.4) is 0 Å². The van der Waals surface area contributed by atoms with Crippen LogP contribution in [0.4, 0.5) is 0 Å². The van der Waals surface area contributed by atoms with Gasteiger partial charge in [-0.25, -0.2) is 4.98 Å². The number of nitrogens with one attached hydrogen (secondary N) is 1. The molecule has 3 rings (SSSR count). The predicted molar refractivity (Wildman–Crippen MR) is 123 cm³/mol. The Kier molecular flexibility index (Phi) is 9.89. The molecule has 3 heterocycles. The number of aryl methyl sites for hydroxylation is 1. The third-order valence-corrected chi connectivity index (χ3v) is 6.10. The van der Waals surface area contributed by atoms with Crippen molar-refractivity contribution in [3.05, 3.63) is 16.1 Å². The summed E-state index contributed by atoms with van der Waals surface area (Å²) in [5.74, 6) is 1.12. The second kappa shape index (κ2) is 11.9. The van der Waals surface area contributed by atoms with Gasteiger partial charge in [-0.1, -0.05) is 6.92 Å². The number of carbonyl (C=O) groups is 1. The van der Waals surface area contributed by atoms with Crippen molar-refractivity contribution in [1.29, 1.82) is 0 Å². The SMILES string of the molecule is CCc1cnc(CNC(=NC)N2CCN(CC(=O)N3CCOCC3)CC2)s1.I. The number of ether oxygens (including phenoxy) is 1. The Hall–Kier alpha value is -0.980. The molecule has 0 bridgehead atoms. The van der Waals surface area contributed by atoms with Crippen molar-refractivity contribution < 1.29 is 9.53 Å². The smallest absolute Gasteiger partial charge is 0.236 e. The second-order valence-electron chi connectivity index (χ2n) is 6.73. The average molecular weight is 522 g/mol. The quantitative estimate of drug-likeness (QED) is 0.352. The number of hydrogen-bond donors (Lipinski definition) is 1. The minimum Gasteiger partial charge on any atom is -0.378 e. The Morgan fingerprint density at radius 1 is 1.21 bits per heavy atom. The number of piperazine rings is 1. The van der Waals surface area contributed by atoms with Crippen molar-refractivity contribution in [2.45, 2.75) is 19.9 Å². The lowest BCUT2D eigenvalue weighted by molar-refractivity contribution is -0.136. The van der Waals surface area contributed by atoms with Crippen molar-refractivity contribution >= 4 is 47.2 Å². The first-order valence-corrected chi connectivity index (χ1v) is 10.5. The molecule has 1 aromatic rings. The van der Waals surface area contributed by atoms with Gasteiger partial charge in [-0.15, -0.1) is 35.3 Å². The second-order valence-corrected chi connectivity index (χ2v) is 7.93.